The summed E-state index contributed by atoms with van der Waals surface area (Å²) < 4.78 is 15.0. The summed E-state index contributed by atoms with van der Waals surface area (Å²) >= 11 is 0. The molecule has 112 valence electrons. The maximum absolute atomic E-state index is 12.5. The summed E-state index contributed by atoms with van der Waals surface area (Å²) in [5, 5.41) is 0. The lowest BCUT2D eigenvalue weighted by Crippen LogP contribution is -2.32. The van der Waals surface area contributed by atoms with Crippen LogP contribution in [0.5, 0.6) is 11.5 Å². The Balaban J connectivity index is 2.38. The number of fused-ring (bicyclic) bond motifs is 1. The molecule has 0 aliphatic carbocycles. The van der Waals surface area contributed by atoms with Crippen molar-refractivity contribution in [3.8, 4) is 11.5 Å². The van der Waals surface area contributed by atoms with E-state index in [0.717, 1.165) is 7.11 Å². The van der Waals surface area contributed by atoms with Crippen molar-refractivity contribution in [3.63, 3.8) is 0 Å². The van der Waals surface area contributed by atoms with Crippen LogP contribution >= 0.6 is 0 Å². The normalized spacial score (nSPS) is 17.8. The number of esters is 1. The summed E-state index contributed by atoms with van der Waals surface area (Å²) in [5.74, 6) is -2.34. The standard InChI is InChI=1S/C15H16O6/c1-19-9-5-6-10-12(8-9)21-7-3-4-11(13(10)16)14(17)15(18)20-2/h5-6,8,11H,3-4,7H2,1-2H3. The molecule has 0 aromatic heterocycles. The molecule has 2 rings (SSSR count). The van der Waals surface area contributed by atoms with Crippen molar-refractivity contribution >= 4 is 17.5 Å². The highest BCUT2D eigenvalue weighted by molar-refractivity contribution is 6.39. The minimum atomic E-state index is -1.02. The summed E-state index contributed by atoms with van der Waals surface area (Å²) in [6.07, 6.45) is 0.758. The van der Waals surface area contributed by atoms with Crippen molar-refractivity contribution in [2.24, 2.45) is 5.92 Å². The van der Waals surface area contributed by atoms with Crippen LogP contribution < -0.4 is 9.47 Å². The molecule has 21 heavy (non-hydrogen) atoms. The van der Waals surface area contributed by atoms with Gasteiger partial charge in [-0.25, -0.2) is 4.79 Å². The van der Waals surface area contributed by atoms with Gasteiger partial charge in [-0.05, 0) is 25.0 Å². The van der Waals surface area contributed by atoms with Crippen LogP contribution in [0, 0.1) is 5.92 Å². The molecule has 1 heterocycles. The molecule has 0 spiro atoms. The Morgan fingerprint density at radius 2 is 2.05 bits per heavy atom. The van der Waals surface area contributed by atoms with E-state index in [-0.39, 0.29) is 12.0 Å². The van der Waals surface area contributed by atoms with Gasteiger partial charge in [-0.2, -0.15) is 0 Å². The first-order valence-corrected chi connectivity index (χ1v) is 6.55. The number of hydrogen-bond donors (Lipinski definition) is 0. The van der Waals surface area contributed by atoms with Crippen molar-refractivity contribution in [2.45, 2.75) is 12.8 Å². The quantitative estimate of drug-likeness (QED) is 0.476. The molecule has 6 heteroatoms. The molecule has 0 fully saturated rings. The fraction of sp³-hybridized carbons (Fsp3) is 0.400. The molecule has 1 aliphatic heterocycles. The molecule has 1 atom stereocenters. The lowest BCUT2D eigenvalue weighted by Gasteiger charge is -2.20. The predicted molar refractivity (Wildman–Crippen MR) is 72.6 cm³/mol. The van der Waals surface area contributed by atoms with Gasteiger partial charge >= 0.3 is 5.97 Å². The van der Waals surface area contributed by atoms with Crippen molar-refractivity contribution in [2.75, 3.05) is 20.8 Å². The summed E-state index contributed by atoms with van der Waals surface area (Å²) in [5.41, 5.74) is 0.276. The van der Waals surface area contributed by atoms with E-state index in [9.17, 15) is 14.4 Å². The van der Waals surface area contributed by atoms with Crippen molar-refractivity contribution in [1.29, 1.82) is 0 Å². The average Bonchev–Trinajstić information content (AvgIpc) is 2.51. The molecule has 6 nitrogen and oxygen atoms in total. The predicted octanol–water partition coefficient (Wildman–Crippen LogP) is 1.41. The lowest BCUT2D eigenvalue weighted by atomic mass is 9.88. The molecule has 0 N–H and O–H groups in total. The number of rotatable bonds is 3. The largest absolute Gasteiger partial charge is 0.497 e. The van der Waals surface area contributed by atoms with Gasteiger partial charge in [0, 0.05) is 6.07 Å². The van der Waals surface area contributed by atoms with Gasteiger partial charge in [0.1, 0.15) is 11.5 Å². The minimum absolute atomic E-state index is 0.262. The van der Waals surface area contributed by atoms with Gasteiger partial charge < -0.3 is 14.2 Å². The summed E-state index contributed by atoms with van der Waals surface area (Å²) in [6, 6.07) is 4.75. The highest BCUT2D eigenvalue weighted by Crippen LogP contribution is 2.30. The van der Waals surface area contributed by atoms with Crippen molar-refractivity contribution < 1.29 is 28.6 Å². The zero-order valence-corrected chi connectivity index (χ0v) is 11.9. The van der Waals surface area contributed by atoms with Crippen molar-refractivity contribution in [3.05, 3.63) is 23.8 Å². The number of Topliss-reactive ketones (excluding diaryl/α,β-unsaturated/α-hetero) is 2. The number of ether oxygens (including phenoxy) is 3. The molecule has 0 bridgehead atoms. The SMILES string of the molecule is COC(=O)C(=O)C1CCCOc2cc(OC)ccc2C1=O. The highest BCUT2D eigenvalue weighted by Gasteiger charge is 2.35. The van der Waals surface area contributed by atoms with Crippen LogP contribution in [0.3, 0.4) is 0 Å². The van der Waals surface area contributed by atoms with Crippen molar-refractivity contribution in [1.82, 2.24) is 0 Å². The van der Waals surface area contributed by atoms with E-state index in [0.29, 0.717) is 24.5 Å². The van der Waals surface area contributed by atoms with Crippen LogP contribution in [0.1, 0.15) is 23.2 Å². The third kappa shape index (κ3) is 3.04. The van der Waals surface area contributed by atoms with E-state index in [2.05, 4.69) is 4.74 Å². The maximum atomic E-state index is 12.5. The van der Waals surface area contributed by atoms with Crippen LogP contribution in [0.2, 0.25) is 0 Å². The van der Waals surface area contributed by atoms with Gasteiger partial charge in [-0.1, -0.05) is 0 Å². The number of ketones is 2. The second-order valence-corrected chi connectivity index (χ2v) is 4.63. The Labute approximate surface area is 122 Å². The number of carbonyl (C=O) groups is 3. The molecule has 0 radical (unpaired) electrons. The molecule has 1 aromatic rings. The Bertz CT molecular complexity index is 578. The Kier molecular flexibility index (Phi) is 4.57. The van der Waals surface area contributed by atoms with Crippen LogP contribution in [0.25, 0.3) is 0 Å². The van der Waals surface area contributed by atoms with Gasteiger partial charge in [-0.15, -0.1) is 0 Å². The molecule has 0 amide bonds. The van der Waals surface area contributed by atoms with Crippen LogP contribution in [-0.2, 0) is 14.3 Å². The zero-order valence-electron chi connectivity index (χ0n) is 11.9. The second kappa shape index (κ2) is 6.39. The molecular weight excluding hydrogens is 276 g/mol. The Hall–Kier alpha value is -2.37. The number of benzene rings is 1. The summed E-state index contributed by atoms with van der Waals surface area (Å²) in [7, 11) is 2.63. The minimum Gasteiger partial charge on any atom is -0.497 e. The van der Waals surface area contributed by atoms with E-state index in [4.69, 9.17) is 9.47 Å². The molecule has 0 saturated heterocycles. The monoisotopic (exact) mass is 292 g/mol. The summed E-state index contributed by atoms with van der Waals surface area (Å²) in [4.78, 5) is 35.9. The molecule has 1 aromatic carbocycles. The number of carbonyl (C=O) groups excluding carboxylic acids is 3. The Morgan fingerprint density at radius 1 is 1.29 bits per heavy atom. The third-order valence-corrected chi connectivity index (χ3v) is 3.37. The Morgan fingerprint density at radius 3 is 2.71 bits per heavy atom. The average molecular weight is 292 g/mol. The fourth-order valence-corrected chi connectivity index (χ4v) is 2.23. The van der Waals surface area contributed by atoms with Gasteiger partial charge in [0.15, 0.2) is 5.78 Å². The van der Waals surface area contributed by atoms with E-state index in [1.165, 1.54) is 7.11 Å². The topological polar surface area (TPSA) is 78.9 Å². The van der Waals surface area contributed by atoms with Gasteiger partial charge in [0.05, 0.1) is 32.3 Å². The van der Waals surface area contributed by atoms with E-state index in [1.807, 2.05) is 0 Å². The van der Waals surface area contributed by atoms with Gasteiger partial charge in [0.2, 0.25) is 0 Å². The first-order valence-electron chi connectivity index (χ1n) is 6.55. The first-order chi connectivity index (χ1) is 10.1. The van der Waals surface area contributed by atoms with Gasteiger partial charge in [-0.3, -0.25) is 9.59 Å². The number of methoxy groups -OCH3 is 2. The summed E-state index contributed by atoms with van der Waals surface area (Å²) in [6.45, 7) is 0.360. The van der Waals surface area contributed by atoms with E-state index < -0.39 is 23.5 Å². The van der Waals surface area contributed by atoms with Gasteiger partial charge in [0.25, 0.3) is 5.78 Å². The molecular formula is C15H16O6. The smallest absolute Gasteiger partial charge is 0.375 e. The van der Waals surface area contributed by atoms with Crippen LogP contribution in [0.15, 0.2) is 18.2 Å². The maximum Gasteiger partial charge on any atom is 0.375 e. The van der Waals surface area contributed by atoms with Crippen LogP contribution in [0.4, 0.5) is 0 Å². The van der Waals surface area contributed by atoms with Crippen LogP contribution in [-0.4, -0.2) is 38.4 Å². The highest BCUT2D eigenvalue weighted by atomic mass is 16.5. The van der Waals surface area contributed by atoms with E-state index >= 15 is 0 Å². The lowest BCUT2D eigenvalue weighted by molar-refractivity contribution is -0.153. The molecule has 1 unspecified atom stereocenters. The van der Waals surface area contributed by atoms with E-state index in [1.54, 1.807) is 18.2 Å². The molecule has 1 aliphatic rings. The first kappa shape index (κ1) is 15.0. The molecule has 0 saturated carbocycles. The second-order valence-electron chi connectivity index (χ2n) is 4.63. The third-order valence-electron chi connectivity index (χ3n) is 3.37. The fourth-order valence-electron chi connectivity index (χ4n) is 2.23. The zero-order chi connectivity index (χ0) is 15.4. The number of hydrogen-bond acceptors (Lipinski definition) is 6.